The van der Waals surface area contributed by atoms with Gasteiger partial charge < -0.3 is 14.8 Å². The van der Waals surface area contributed by atoms with E-state index in [1.165, 1.54) is 12.1 Å². The van der Waals surface area contributed by atoms with Crippen LogP contribution in [0.4, 0.5) is 10.2 Å². The summed E-state index contributed by atoms with van der Waals surface area (Å²) in [6.07, 6.45) is 5.43. The third kappa shape index (κ3) is 4.64. The van der Waals surface area contributed by atoms with Gasteiger partial charge in [-0.05, 0) is 66.3 Å². The normalized spacial score (nSPS) is 14.4. The lowest BCUT2D eigenvalue weighted by molar-refractivity contribution is 0.0500. The van der Waals surface area contributed by atoms with E-state index in [4.69, 9.17) is 19.4 Å². The van der Waals surface area contributed by atoms with Crippen LogP contribution in [0.25, 0.3) is 33.4 Å². The maximum atomic E-state index is 13.5. The summed E-state index contributed by atoms with van der Waals surface area (Å²) in [7, 11) is 1.84. The molecule has 33 heavy (non-hydrogen) atoms. The minimum atomic E-state index is -0.268. The Morgan fingerprint density at radius 1 is 1.03 bits per heavy atom. The fourth-order valence-corrected chi connectivity index (χ4v) is 4.06. The molecule has 7 heteroatoms. The Labute approximate surface area is 191 Å². The smallest absolute Gasteiger partial charge is 0.163 e. The van der Waals surface area contributed by atoms with Crippen LogP contribution in [-0.2, 0) is 4.74 Å². The number of pyridine rings is 1. The Morgan fingerprint density at radius 3 is 2.58 bits per heavy atom. The highest BCUT2D eigenvalue weighted by atomic mass is 19.1. The van der Waals surface area contributed by atoms with Crippen LogP contribution in [0, 0.1) is 11.7 Å². The van der Waals surface area contributed by atoms with E-state index in [2.05, 4.69) is 10.3 Å². The van der Waals surface area contributed by atoms with E-state index in [1.807, 2.05) is 31.3 Å². The van der Waals surface area contributed by atoms with Crippen molar-refractivity contribution in [3.8, 4) is 28.3 Å². The van der Waals surface area contributed by atoms with Crippen LogP contribution in [0.5, 0.6) is 5.75 Å². The summed E-state index contributed by atoms with van der Waals surface area (Å²) in [6.45, 7) is 2.12. The van der Waals surface area contributed by atoms with Gasteiger partial charge in [0.05, 0.1) is 6.61 Å². The van der Waals surface area contributed by atoms with Gasteiger partial charge in [-0.3, -0.25) is 4.98 Å². The molecule has 1 saturated heterocycles. The lowest BCUT2D eigenvalue weighted by Gasteiger charge is -2.23. The highest BCUT2D eigenvalue weighted by Crippen LogP contribution is 2.36. The van der Waals surface area contributed by atoms with Crippen molar-refractivity contribution >= 4 is 16.7 Å². The molecule has 1 aliphatic rings. The SMILES string of the molecule is CNc1nc(-c2cccnc2)nc2c(OCC3CCOCC3)cc(-c3ccc(F)cc3)cc12. The number of nitrogens with one attached hydrogen (secondary N) is 1. The first kappa shape index (κ1) is 21.3. The van der Waals surface area contributed by atoms with Crippen molar-refractivity contribution in [3.63, 3.8) is 0 Å². The van der Waals surface area contributed by atoms with E-state index < -0.39 is 0 Å². The number of halogens is 1. The fraction of sp³-hybridized carbons (Fsp3) is 0.269. The van der Waals surface area contributed by atoms with Crippen molar-refractivity contribution in [1.29, 1.82) is 0 Å². The highest BCUT2D eigenvalue weighted by molar-refractivity contribution is 5.97. The molecule has 3 heterocycles. The van der Waals surface area contributed by atoms with Gasteiger partial charge in [0, 0.05) is 43.6 Å². The van der Waals surface area contributed by atoms with E-state index >= 15 is 0 Å². The lowest BCUT2D eigenvalue weighted by Crippen LogP contribution is -2.21. The van der Waals surface area contributed by atoms with Gasteiger partial charge in [-0.25, -0.2) is 14.4 Å². The summed E-state index contributed by atoms with van der Waals surface area (Å²) in [5, 5.41) is 4.04. The van der Waals surface area contributed by atoms with Gasteiger partial charge in [0.15, 0.2) is 5.82 Å². The maximum absolute atomic E-state index is 13.5. The van der Waals surface area contributed by atoms with Crippen LogP contribution in [0.1, 0.15) is 12.8 Å². The Kier molecular flexibility index (Phi) is 6.13. The first-order valence-electron chi connectivity index (χ1n) is 11.1. The molecule has 0 atom stereocenters. The second kappa shape index (κ2) is 9.50. The Morgan fingerprint density at radius 2 is 1.85 bits per heavy atom. The molecular weight excluding hydrogens is 419 g/mol. The first-order valence-corrected chi connectivity index (χ1v) is 11.1. The molecule has 5 rings (SSSR count). The van der Waals surface area contributed by atoms with Gasteiger partial charge in [0.25, 0.3) is 0 Å². The number of hydrogen-bond acceptors (Lipinski definition) is 6. The van der Waals surface area contributed by atoms with Crippen LogP contribution in [-0.4, -0.2) is 41.8 Å². The molecule has 6 nitrogen and oxygen atoms in total. The summed E-state index contributed by atoms with van der Waals surface area (Å²) in [4.78, 5) is 13.8. The lowest BCUT2D eigenvalue weighted by atomic mass is 10.0. The van der Waals surface area contributed by atoms with Crippen LogP contribution in [0.3, 0.4) is 0 Å². The molecule has 0 spiro atoms. The van der Waals surface area contributed by atoms with Crippen LogP contribution >= 0.6 is 0 Å². The molecule has 1 aliphatic heterocycles. The van der Waals surface area contributed by atoms with Crippen molar-refractivity contribution in [2.45, 2.75) is 12.8 Å². The highest BCUT2D eigenvalue weighted by Gasteiger charge is 2.18. The first-order chi connectivity index (χ1) is 16.2. The van der Waals surface area contributed by atoms with Crippen molar-refractivity contribution in [3.05, 3.63) is 66.7 Å². The minimum Gasteiger partial charge on any atom is -0.491 e. The van der Waals surface area contributed by atoms with E-state index in [9.17, 15) is 4.39 Å². The van der Waals surface area contributed by atoms with E-state index in [0.717, 1.165) is 53.6 Å². The number of hydrogen-bond donors (Lipinski definition) is 1. The third-order valence-electron chi connectivity index (χ3n) is 5.91. The van der Waals surface area contributed by atoms with Gasteiger partial charge in [-0.2, -0.15) is 0 Å². The number of ether oxygens (including phenoxy) is 2. The molecule has 0 aliphatic carbocycles. The molecule has 4 aromatic rings. The topological polar surface area (TPSA) is 69.2 Å². The van der Waals surface area contributed by atoms with Crippen molar-refractivity contribution < 1.29 is 13.9 Å². The number of benzene rings is 2. The van der Waals surface area contributed by atoms with E-state index in [1.54, 1.807) is 24.5 Å². The van der Waals surface area contributed by atoms with Gasteiger partial charge in [-0.1, -0.05) is 12.1 Å². The molecule has 2 aromatic heterocycles. The molecular formula is C26H25FN4O2. The molecule has 0 bridgehead atoms. The molecule has 0 amide bonds. The number of aromatic nitrogens is 3. The predicted octanol–water partition coefficient (Wildman–Crippen LogP) is 5.35. The average Bonchev–Trinajstić information content (AvgIpc) is 2.88. The Balaban J connectivity index is 1.63. The quantitative estimate of drug-likeness (QED) is 0.433. The van der Waals surface area contributed by atoms with Crippen LogP contribution < -0.4 is 10.1 Å². The van der Waals surface area contributed by atoms with Gasteiger partial charge in [0.1, 0.15) is 22.9 Å². The van der Waals surface area contributed by atoms with Crippen LogP contribution in [0.2, 0.25) is 0 Å². The Hall–Kier alpha value is -3.58. The predicted molar refractivity (Wildman–Crippen MR) is 127 cm³/mol. The zero-order valence-electron chi connectivity index (χ0n) is 18.4. The average molecular weight is 445 g/mol. The summed E-state index contributed by atoms with van der Waals surface area (Å²) >= 11 is 0. The molecule has 2 aromatic carbocycles. The number of fused-ring (bicyclic) bond motifs is 1. The standard InChI is InChI=1S/C26H25FN4O2/c1-28-26-22-13-20(18-4-6-21(27)7-5-18)14-23(33-16-17-8-11-32-12-9-17)24(22)30-25(31-26)19-3-2-10-29-15-19/h2-7,10,13-15,17H,8-9,11-12,16H2,1H3,(H,28,30,31). The molecule has 0 saturated carbocycles. The summed E-state index contributed by atoms with van der Waals surface area (Å²) in [5.74, 6) is 2.12. The second-order valence-electron chi connectivity index (χ2n) is 8.13. The molecule has 0 radical (unpaired) electrons. The number of nitrogens with zero attached hydrogens (tertiary/aromatic N) is 3. The summed E-state index contributed by atoms with van der Waals surface area (Å²) in [6, 6.07) is 14.2. The van der Waals surface area contributed by atoms with Gasteiger partial charge in [-0.15, -0.1) is 0 Å². The molecule has 168 valence electrons. The number of rotatable bonds is 6. The summed E-state index contributed by atoms with van der Waals surface area (Å²) < 4.78 is 25.4. The monoisotopic (exact) mass is 444 g/mol. The van der Waals surface area contributed by atoms with E-state index in [0.29, 0.717) is 29.9 Å². The van der Waals surface area contributed by atoms with Crippen molar-refractivity contribution in [1.82, 2.24) is 15.0 Å². The zero-order valence-corrected chi connectivity index (χ0v) is 18.4. The summed E-state index contributed by atoms with van der Waals surface area (Å²) in [5.41, 5.74) is 3.37. The zero-order chi connectivity index (χ0) is 22.6. The van der Waals surface area contributed by atoms with Crippen LogP contribution in [0.15, 0.2) is 60.9 Å². The largest absolute Gasteiger partial charge is 0.491 e. The van der Waals surface area contributed by atoms with Gasteiger partial charge in [0.2, 0.25) is 0 Å². The third-order valence-corrected chi connectivity index (χ3v) is 5.91. The maximum Gasteiger partial charge on any atom is 0.163 e. The number of anilines is 1. The molecule has 0 unspecified atom stereocenters. The fourth-order valence-electron chi connectivity index (χ4n) is 4.06. The second-order valence-corrected chi connectivity index (χ2v) is 8.13. The molecule has 1 N–H and O–H groups in total. The minimum absolute atomic E-state index is 0.268. The van der Waals surface area contributed by atoms with Gasteiger partial charge >= 0.3 is 0 Å². The van der Waals surface area contributed by atoms with Crippen molar-refractivity contribution in [2.75, 3.05) is 32.2 Å². The van der Waals surface area contributed by atoms with Crippen molar-refractivity contribution in [2.24, 2.45) is 5.92 Å². The Bertz CT molecular complexity index is 1240. The molecule has 1 fully saturated rings. The van der Waals surface area contributed by atoms with E-state index in [-0.39, 0.29) is 5.82 Å².